The van der Waals surface area contributed by atoms with Crippen molar-refractivity contribution >= 4 is 28.3 Å². The van der Waals surface area contributed by atoms with Crippen LogP contribution in [0.5, 0.6) is 5.75 Å². The number of phenolic OH excluding ortho intramolecular Hbond substituents is 1. The van der Waals surface area contributed by atoms with E-state index in [0.29, 0.717) is 11.3 Å². The van der Waals surface area contributed by atoms with Gasteiger partial charge in [-0.25, -0.2) is 0 Å². The molecule has 0 fully saturated rings. The van der Waals surface area contributed by atoms with E-state index in [2.05, 4.69) is 5.32 Å². The molecule has 2 aromatic carbocycles. The van der Waals surface area contributed by atoms with Crippen molar-refractivity contribution in [1.82, 2.24) is 0 Å². The topological polar surface area (TPSA) is 88.5 Å². The first-order valence-corrected chi connectivity index (χ1v) is 6.43. The Labute approximate surface area is 121 Å². The molecule has 0 aliphatic carbocycles. The first-order chi connectivity index (χ1) is 10.0. The van der Waals surface area contributed by atoms with Crippen LogP contribution in [-0.2, 0) is 0 Å². The highest BCUT2D eigenvalue weighted by Gasteiger charge is 2.14. The number of nitrogens with one attached hydrogen (secondary N) is 1. The molecule has 21 heavy (non-hydrogen) atoms. The van der Waals surface area contributed by atoms with Crippen molar-refractivity contribution in [3.05, 3.63) is 53.8 Å². The monoisotopic (exact) mass is 282 g/mol. The molecule has 0 bridgehead atoms. The van der Waals surface area contributed by atoms with Crippen molar-refractivity contribution in [3.8, 4) is 5.75 Å². The Morgan fingerprint density at radius 3 is 2.76 bits per heavy atom. The number of carbonyl (C=O) groups excluding carboxylic acids is 1. The first kappa shape index (κ1) is 13.1. The summed E-state index contributed by atoms with van der Waals surface area (Å²) < 4.78 is 5.52. The second kappa shape index (κ2) is 4.86. The maximum atomic E-state index is 12.2. The molecule has 3 rings (SSSR count). The molecule has 0 aliphatic heterocycles. The van der Waals surface area contributed by atoms with Gasteiger partial charge in [0, 0.05) is 11.5 Å². The lowest BCUT2D eigenvalue weighted by atomic mass is 10.2. The van der Waals surface area contributed by atoms with Gasteiger partial charge in [0.2, 0.25) is 0 Å². The molecule has 106 valence electrons. The van der Waals surface area contributed by atoms with E-state index in [4.69, 9.17) is 10.2 Å². The summed E-state index contributed by atoms with van der Waals surface area (Å²) >= 11 is 0. The van der Waals surface area contributed by atoms with Crippen molar-refractivity contribution in [2.24, 2.45) is 0 Å². The van der Waals surface area contributed by atoms with Crippen molar-refractivity contribution in [3.63, 3.8) is 0 Å². The second-order valence-corrected chi connectivity index (χ2v) is 4.88. The van der Waals surface area contributed by atoms with Crippen molar-refractivity contribution < 1.29 is 14.3 Å². The maximum Gasteiger partial charge on any atom is 0.291 e. The lowest BCUT2D eigenvalue weighted by molar-refractivity contribution is 0.0998. The third-order valence-corrected chi connectivity index (χ3v) is 3.18. The number of rotatable bonds is 2. The number of hydrogen-bond acceptors (Lipinski definition) is 4. The molecular formula is C16H14N2O3. The highest BCUT2D eigenvalue weighted by molar-refractivity contribution is 6.06. The SMILES string of the molecule is Cc1ccc2oc(C(=O)Nc3ccc(O)cc3N)cc2c1. The molecule has 0 unspecified atom stereocenters. The number of carbonyl (C=O) groups is 1. The quantitative estimate of drug-likeness (QED) is 0.497. The van der Waals surface area contributed by atoms with E-state index in [9.17, 15) is 9.90 Å². The van der Waals surface area contributed by atoms with Gasteiger partial charge in [-0.3, -0.25) is 4.79 Å². The van der Waals surface area contributed by atoms with Gasteiger partial charge in [-0.05, 0) is 37.3 Å². The Hall–Kier alpha value is -2.95. The summed E-state index contributed by atoms with van der Waals surface area (Å²) in [6, 6.07) is 11.8. The fourth-order valence-electron chi connectivity index (χ4n) is 2.12. The highest BCUT2D eigenvalue weighted by Crippen LogP contribution is 2.25. The van der Waals surface area contributed by atoms with Crippen LogP contribution in [0.15, 0.2) is 46.9 Å². The number of nitrogen functional groups attached to an aromatic ring is 1. The predicted octanol–water partition coefficient (Wildman–Crippen LogP) is 3.28. The van der Waals surface area contributed by atoms with E-state index in [1.54, 1.807) is 6.07 Å². The minimum absolute atomic E-state index is 0.0460. The largest absolute Gasteiger partial charge is 0.508 e. The fourth-order valence-corrected chi connectivity index (χ4v) is 2.12. The van der Waals surface area contributed by atoms with Gasteiger partial charge in [0.15, 0.2) is 5.76 Å². The first-order valence-electron chi connectivity index (χ1n) is 6.43. The van der Waals surface area contributed by atoms with Gasteiger partial charge < -0.3 is 20.6 Å². The minimum atomic E-state index is -0.388. The molecule has 0 aliphatic rings. The number of benzene rings is 2. The molecule has 5 heteroatoms. The Morgan fingerprint density at radius 1 is 1.19 bits per heavy atom. The fraction of sp³-hybridized carbons (Fsp3) is 0.0625. The van der Waals surface area contributed by atoms with E-state index in [-0.39, 0.29) is 23.1 Å². The van der Waals surface area contributed by atoms with Crippen molar-refractivity contribution in [2.75, 3.05) is 11.1 Å². The number of anilines is 2. The third-order valence-electron chi connectivity index (χ3n) is 3.18. The zero-order valence-corrected chi connectivity index (χ0v) is 11.4. The third kappa shape index (κ3) is 2.53. The number of fused-ring (bicyclic) bond motifs is 1. The molecule has 1 aromatic heterocycles. The summed E-state index contributed by atoms with van der Waals surface area (Å²) in [5, 5.41) is 12.8. The van der Waals surface area contributed by atoms with Gasteiger partial charge in [-0.15, -0.1) is 0 Å². The number of aromatic hydroxyl groups is 1. The van der Waals surface area contributed by atoms with E-state index >= 15 is 0 Å². The molecule has 0 saturated heterocycles. The van der Waals surface area contributed by atoms with Gasteiger partial charge in [-0.1, -0.05) is 11.6 Å². The summed E-state index contributed by atoms with van der Waals surface area (Å²) in [4.78, 5) is 12.2. The number of nitrogens with two attached hydrogens (primary N) is 1. The summed E-state index contributed by atoms with van der Waals surface area (Å²) in [7, 11) is 0. The van der Waals surface area contributed by atoms with Gasteiger partial charge >= 0.3 is 0 Å². The Kier molecular flexibility index (Phi) is 3.02. The zero-order chi connectivity index (χ0) is 15.0. The summed E-state index contributed by atoms with van der Waals surface area (Å²) in [5.41, 5.74) is 8.20. The standard InChI is InChI=1S/C16H14N2O3/c1-9-2-5-14-10(6-9)7-15(21-14)16(20)18-13-4-3-11(19)8-12(13)17/h2-8,19H,17H2,1H3,(H,18,20). The van der Waals surface area contributed by atoms with Crippen LogP contribution in [0, 0.1) is 6.92 Å². The van der Waals surface area contributed by atoms with Crippen LogP contribution in [0.25, 0.3) is 11.0 Å². The highest BCUT2D eigenvalue weighted by atomic mass is 16.3. The predicted molar refractivity (Wildman–Crippen MR) is 81.4 cm³/mol. The van der Waals surface area contributed by atoms with E-state index in [0.717, 1.165) is 10.9 Å². The van der Waals surface area contributed by atoms with Crippen molar-refractivity contribution in [1.29, 1.82) is 0 Å². The zero-order valence-electron chi connectivity index (χ0n) is 11.4. The number of phenols is 1. The molecule has 0 atom stereocenters. The molecule has 3 aromatic rings. The van der Waals surface area contributed by atoms with Crippen molar-refractivity contribution in [2.45, 2.75) is 6.92 Å². The average molecular weight is 282 g/mol. The molecule has 4 N–H and O–H groups in total. The molecule has 1 heterocycles. The van der Waals surface area contributed by atoms with Crippen LogP contribution in [0.2, 0.25) is 0 Å². The molecule has 0 radical (unpaired) electrons. The lowest BCUT2D eigenvalue weighted by Crippen LogP contribution is -2.12. The van der Waals surface area contributed by atoms with E-state index in [1.165, 1.54) is 18.2 Å². The molecule has 5 nitrogen and oxygen atoms in total. The summed E-state index contributed by atoms with van der Waals surface area (Å²) in [6.45, 7) is 1.98. The van der Waals surface area contributed by atoms with Gasteiger partial charge in [0.1, 0.15) is 11.3 Å². The number of hydrogen-bond donors (Lipinski definition) is 3. The number of furan rings is 1. The lowest BCUT2D eigenvalue weighted by Gasteiger charge is -2.06. The number of aryl methyl sites for hydroxylation is 1. The van der Waals surface area contributed by atoms with E-state index in [1.807, 2.05) is 25.1 Å². The van der Waals surface area contributed by atoms with Crippen LogP contribution in [0.3, 0.4) is 0 Å². The van der Waals surface area contributed by atoms with Crippen LogP contribution in [-0.4, -0.2) is 11.0 Å². The molecule has 0 spiro atoms. The molecule has 0 saturated carbocycles. The number of amides is 1. The Morgan fingerprint density at radius 2 is 2.00 bits per heavy atom. The normalized spacial score (nSPS) is 10.7. The molecular weight excluding hydrogens is 268 g/mol. The molecule has 1 amide bonds. The minimum Gasteiger partial charge on any atom is -0.508 e. The van der Waals surface area contributed by atoms with Gasteiger partial charge in [0.05, 0.1) is 11.4 Å². The average Bonchev–Trinajstić information content (AvgIpc) is 2.85. The van der Waals surface area contributed by atoms with Crippen LogP contribution < -0.4 is 11.1 Å². The van der Waals surface area contributed by atoms with Gasteiger partial charge in [0.25, 0.3) is 5.91 Å². The Bertz CT molecular complexity index is 837. The van der Waals surface area contributed by atoms with E-state index < -0.39 is 0 Å². The van der Waals surface area contributed by atoms with Gasteiger partial charge in [-0.2, -0.15) is 0 Å². The summed E-state index contributed by atoms with van der Waals surface area (Å²) in [6.07, 6.45) is 0. The van der Waals surface area contributed by atoms with Crippen LogP contribution in [0.1, 0.15) is 16.1 Å². The Balaban J connectivity index is 1.89. The second-order valence-electron chi connectivity index (χ2n) is 4.88. The summed E-state index contributed by atoms with van der Waals surface area (Å²) in [5.74, 6) is -0.131. The van der Waals surface area contributed by atoms with Crippen LogP contribution >= 0.6 is 0 Å². The maximum absolute atomic E-state index is 12.2. The van der Waals surface area contributed by atoms with Crippen LogP contribution in [0.4, 0.5) is 11.4 Å². The smallest absolute Gasteiger partial charge is 0.291 e.